The van der Waals surface area contributed by atoms with Gasteiger partial charge in [0.2, 0.25) is 0 Å². The number of aliphatic hydroxyl groups is 2. The summed E-state index contributed by atoms with van der Waals surface area (Å²) in [5, 5.41) is 45.1. The molecule has 0 bridgehead atoms. The first-order valence-corrected chi connectivity index (χ1v) is 10.2. The summed E-state index contributed by atoms with van der Waals surface area (Å²) >= 11 is 1.75. The number of hydrogen-bond acceptors (Lipinski definition) is 8. The van der Waals surface area contributed by atoms with Crippen LogP contribution >= 0.6 is 11.3 Å². The van der Waals surface area contributed by atoms with Gasteiger partial charge in [-0.15, -0.1) is 11.3 Å². The molecular weight excluding hydrogens is 430 g/mol. The lowest BCUT2D eigenvalue weighted by Gasteiger charge is -2.21. The summed E-state index contributed by atoms with van der Waals surface area (Å²) in [6.07, 6.45) is 1.48. The van der Waals surface area contributed by atoms with Gasteiger partial charge < -0.3 is 30.1 Å². The molecule has 2 aromatic rings. The average molecular weight is 458 g/mol. The standard InChI is InChI=1S/C13H19N3OS.C6H8O7/c1-2-16-11-14-8-12(16)9-15(5-6-17)10-13-4-3-7-18-13;7-3(8)1-6(13,5(11)12)2-4(9)10/h3-4,7-8,11,17H,2,5-6,9-10H2,1H3;13H,1-2H2,(H,7,8)(H,9,10)(H,11,12). The Balaban J connectivity index is 0.000000330. The molecule has 0 aliphatic rings. The fourth-order valence-electron chi connectivity index (χ4n) is 2.69. The van der Waals surface area contributed by atoms with Crippen LogP contribution in [0.4, 0.5) is 0 Å². The van der Waals surface area contributed by atoms with Gasteiger partial charge >= 0.3 is 17.9 Å². The molecule has 0 saturated heterocycles. The second-order valence-corrected chi connectivity index (χ2v) is 7.69. The molecule has 5 N–H and O–H groups in total. The fourth-order valence-corrected chi connectivity index (χ4v) is 3.43. The lowest BCUT2D eigenvalue weighted by atomic mass is 9.96. The molecule has 11 nitrogen and oxygen atoms in total. The van der Waals surface area contributed by atoms with Crippen LogP contribution in [-0.2, 0) is 34.0 Å². The first-order chi connectivity index (χ1) is 14.6. The summed E-state index contributed by atoms with van der Waals surface area (Å²) in [5.41, 5.74) is -1.54. The van der Waals surface area contributed by atoms with Crippen LogP contribution in [0.15, 0.2) is 30.0 Å². The largest absolute Gasteiger partial charge is 0.481 e. The van der Waals surface area contributed by atoms with E-state index in [4.69, 9.17) is 25.5 Å². The number of hydrogen-bond donors (Lipinski definition) is 5. The molecule has 0 aliphatic heterocycles. The minimum Gasteiger partial charge on any atom is -0.481 e. The number of rotatable bonds is 12. The predicted octanol–water partition coefficient (Wildman–Crippen LogP) is 0.711. The van der Waals surface area contributed by atoms with Crippen LogP contribution in [0.1, 0.15) is 30.3 Å². The Hall–Kier alpha value is -2.80. The van der Waals surface area contributed by atoms with E-state index in [9.17, 15) is 14.4 Å². The van der Waals surface area contributed by atoms with E-state index in [0.29, 0.717) is 6.54 Å². The zero-order valence-corrected chi connectivity index (χ0v) is 17.9. The highest BCUT2D eigenvalue weighted by molar-refractivity contribution is 7.09. The summed E-state index contributed by atoms with van der Waals surface area (Å²) in [6.45, 7) is 5.62. The van der Waals surface area contributed by atoms with Gasteiger partial charge in [0.1, 0.15) is 0 Å². The number of carboxylic acid groups (broad SMARTS) is 3. The summed E-state index contributed by atoms with van der Waals surface area (Å²) in [4.78, 5) is 38.2. The molecule has 0 fully saturated rings. The Kier molecular flexibility index (Phi) is 10.8. The summed E-state index contributed by atoms with van der Waals surface area (Å²) in [5.74, 6) is -5.02. The van der Waals surface area contributed by atoms with E-state index in [0.717, 1.165) is 19.6 Å². The van der Waals surface area contributed by atoms with Crippen molar-refractivity contribution in [1.29, 1.82) is 0 Å². The molecule has 12 heteroatoms. The van der Waals surface area contributed by atoms with E-state index in [2.05, 4.69) is 38.9 Å². The van der Waals surface area contributed by atoms with Gasteiger partial charge in [-0.1, -0.05) is 6.07 Å². The van der Waals surface area contributed by atoms with Gasteiger partial charge in [0.25, 0.3) is 0 Å². The quantitative estimate of drug-likeness (QED) is 0.305. The average Bonchev–Trinajstić information content (AvgIpc) is 3.32. The van der Waals surface area contributed by atoms with Crippen LogP contribution in [0.2, 0.25) is 0 Å². The molecule has 31 heavy (non-hydrogen) atoms. The molecule has 2 aromatic heterocycles. The third-order valence-electron chi connectivity index (χ3n) is 4.19. The highest BCUT2D eigenvalue weighted by Gasteiger charge is 2.40. The first kappa shape index (κ1) is 26.2. The zero-order valence-electron chi connectivity index (χ0n) is 17.0. The van der Waals surface area contributed by atoms with Crippen molar-refractivity contribution < 1.29 is 39.9 Å². The van der Waals surface area contributed by atoms with Gasteiger partial charge in [-0.05, 0) is 18.4 Å². The van der Waals surface area contributed by atoms with Gasteiger partial charge in [0.05, 0.1) is 31.5 Å². The minimum absolute atomic E-state index is 0.186. The number of nitrogens with zero attached hydrogens (tertiary/aromatic N) is 3. The van der Waals surface area contributed by atoms with Gasteiger partial charge in [-0.25, -0.2) is 9.78 Å². The number of carbonyl (C=O) groups is 3. The molecule has 0 unspecified atom stereocenters. The van der Waals surface area contributed by atoms with Gasteiger partial charge in [0.15, 0.2) is 5.60 Å². The molecule has 172 valence electrons. The van der Waals surface area contributed by atoms with Crippen molar-refractivity contribution in [3.05, 3.63) is 40.6 Å². The summed E-state index contributed by atoms with van der Waals surface area (Å²) < 4.78 is 2.14. The van der Waals surface area contributed by atoms with Gasteiger partial charge in [-0.3, -0.25) is 14.5 Å². The Morgan fingerprint density at radius 2 is 1.81 bits per heavy atom. The number of aromatic nitrogens is 2. The van der Waals surface area contributed by atoms with Crippen LogP contribution in [-0.4, -0.2) is 76.6 Å². The maximum atomic E-state index is 10.3. The fraction of sp³-hybridized carbons (Fsp3) is 0.474. The van der Waals surface area contributed by atoms with E-state index in [1.54, 1.807) is 11.3 Å². The molecule has 0 atom stereocenters. The van der Waals surface area contributed by atoms with Crippen LogP contribution in [0.25, 0.3) is 0 Å². The number of thiophene rings is 1. The van der Waals surface area contributed by atoms with Crippen LogP contribution in [0, 0.1) is 0 Å². The van der Waals surface area contributed by atoms with Crippen LogP contribution < -0.4 is 0 Å². The van der Waals surface area contributed by atoms with Crippen molar-refractivity contribution in [2.75, 3.05) is 13.2 Å². The van der Waals surface area contributed by atoms with Crippen LogP contribution in [0.5, 0.6) is 0 Å². The third kappa shape index (κ3) is 9.26. The van der Waals surface area contributed by atoms with Gasteiger partial charge in [0, 0.05) is 37.3 Å². The molecular formula is C19H27N3O8S. The number of imidazole rings is 1. The molecule has 0 saturated carbocycles. The molecule has 0 radical (unpaired) electrons. The lowest BCUT2D eigenvalue weighted by Crippen LogP contribution is -2.42. The number of aliphatic hydroxyl groups excluding tert-OH is 1. The van der Waals surface area contributed by atoms with E-state index < -0.39 is 36.4 Å². The molecule has 0 aromatic carbocycles. The summed E-state index contributed by atoms with van der Waals surface area (Å²) in [6, 6.07) is 4.19. The van der Waals surface area contributed by atoms with Gasteiger partial charge in [-0.2, -0.15) is 0 Å². The van der Waals surface area contributed by atoms with E-state index in [1.165, 1.54) is 10.6 Å². The van der Waals surface area contributed by atoms with Crippen molar-refractivity contribution in [3.8, 4) is 0 Å². The Morgan fingerprint density at radius 1 is 1.16 bits per heavy atom. The van der Waals surface area contributed by atoms with E-state index in [1.807, 2.05) is 12.5 Å². The second kappa shape index (κ2) is 12.8. The Labute approximate surface area is 182 Å². The van der Waals surface area contributed by atoms with Crippen molar-refractivity contribution >= 4 is 29.2 Å². The molecule has 2 rings (SSSR count). The maximum Gasteiger partial charge on any atom is 0.336 e. The predicted molar refractivity (Wildman–Crippen MR) is 111 cm³/mol. The van der Waals surface area contributed by atoms with E-state index in [-0.39, 0.29) is 6.61 Å². The molecule has 0 amide bonds. The smallest absolute Gasteiger partial charge is 0.336 e. The van der Waals surface area contributed by atoms with Crippen molar-refractivity contribution in [2.24, 2.45) is 0 Å². The topological polar surface area (TPSA) is 173 Å². The Morgan fingerprint density at radius 3 is 2.26 bits per heavy atom. The van der Waals surface area contributed by atoms with Crippen molar-refractivity contribution in [3.63, 3.8) is 0 Å². The summed E-state index contributed by atoms with van der Waals surface area (Å²) in [7, 11) is 0. The van der Waals surface area contributed by atoms with E-state index >= 15 is 0 Å². The Bertz CT molecular complexity index is 821. The minimum atomic E-state index is -2.74. The first-order valence-electron chi connectivity index (χ1n) is 9.35. The normalized spacial score (nSPS) is 11.1. The van der Waals surface area contributed by atoms with Crippen molar-refractivity contribution in [2.45, 2.75) is 45.0 Å². The molecule has 0 spiro atoms. The lowest BCUT2D eigenvalue weighted by molar-refractivity contribution is -0.170. The molecule has 0 aliphatic carbocycles. The number of aryl methyl sites for hydroxylation is 1. The zero-order chi connectivity index (χ0) is 23.4. The highest BCUT2D eigenvalue weighted by Crippen LogP contribution is 2.16. The monoisotopic (exact) mass is 457 g/mol. The van der Waals surface area contributed by atoms with Crippen LogP contribution in [0.3, 0.4) is 0 Å². The SMILES string of the molecule is CCn1cncc1CN(CCO)Cc1cccs1.O=C(O)CC(O)(CC(=O)O)C(=O)O. The second-order valence-electron chi connectivity index (χ2n) is 6.66. The third-order valence-corrected chi connectivity index (χ3v) is 5.05. The van der Waals surface area contributed by atoms with Crippen molar-refractivity contribution in [1.82, 2.24) is 14.5 Å². The highest BCUT2D eigenvalue weighted by atomic mass is 32.1. The molecule has 2 heterocycles. The maximum absolute atomic E-state index is 10.3. The number of aliphatic carboxylic acids is 3. The number of carboxylic acids is 3.